The van der Waals surface area contributed by atoms with E-state index in [1.165, 1.54) is 11.1 Å². The van der Waals surface area contributed by atoms with Gasteiger partial charge in [0.2, 0.25) is 5.95 Å². The molecular formula is C22H26N4O. The molecule has 0 unspecified atom stereocenters. The van der Waals surface area contributed by atoms with Gasteiger partial charge in [-0.2, -0.15) is 4.98 Å². The maximum Gasteiger partial charge on any atom is 0.225 e. The highest BCUT2D eigenvalue weighted by molar-refractivity contribution is 5.68. The van der Waals surface area contributed by atoms with E-state index in [-0.39, 0.29) is 0 Å². The standard InChI is InChI=1S/C22H26N4O/c1-16-10-11-17(2)19(14-16)24-21-15-20(18-8-5-4-6-9-18)25-22(26-21)23-12-7-13-27-3/h4-6,8-11,14-15H,7,12-13H2,1-3H3,(H2,23,24,25,26). The average molecular weight is 362 g/mol. The van der Waals surface area contributed by atoms with Crippen LogP contribution in [0, 0.1) is 13.8 Å². The highest BCUT2D eigenvalue weighted by atomic mass is 16.5. The minimum Gasteiger partial charge on any atom is -0.385 e. The first-order valence-corrected chi connectivity index (χ1v) is 9.17. The van der Waals surface area contributed by atoms with E-state index in [1.807, 2.05) is 24.3 Å². The summed E-state index contributed by atoms with van der Waals surface area (Å²) < 4.78 is 5.11. The normalized spacial score (nSPS) is 10.6. The van der Waals surface area contributed by atoms with Crippen LogP contribution in [0.5, 0.6) is 0 Å². The third-order valence-electron chi connectivity index (χ3n) is 4.26. The lowest BCUT2D eigenvalue weighted by Gasteiger charge is -2.13. The van der Waals surface area contributed by atoms with E-state index in [1.54, 1.807) is 7.11 Å². The molecule has 0 saturated heterocycles. The van der Waals surface area contributed by atoms with Crippen LogP contribution in [-0.2, 0) is 4.74 Å². The molecule has 2 N–H and O–H groups in total. The fourth-order valence-electron chi connectivity index (χ4n) is 2.77. The molecule has 0 fully saturated rings. The molecular weight excluding hydrogens is 336 g/mol. The van der Waals surface area contributed by atoms with Crippen molar-refractivity contribution in [3.63, 3.8) is 0 Å². The molecule has 1 heterocycles. The van der Waals surface area contributed by atoms with Gasteiger partial charge < -0.3 is 15.4 Å². The number of hydrogen-bond donors (Lipinski definition) is 2. The van der Waals surface area contributed by atoms with E-state index in [4.69, 9.17) is 4.74 Å². The fourth-order valence-corrected chi connectivity index (χ4v) is 2.77. The third-order valence-corrected chi connectivity index (χ3v) is 4.26. The summed E-state index contributed by atoms with van der Waals surface area (Å²) in [7, 11) is 1.71. The smallest absolute Gasteiger partial charge is 0.225 e. The van der Waals surface area contributed by atoms with Crippen molar-refractivity contribution in [2.45, 2.75) is 20.3 Å². The van der Waals surface area contributed by atoms with Crippen molar-refractivity contribution in [1.29, 1.82) is 0 Å². The summed E-state index contributed by atoms with van der Waals surface area (Å²) in [6.07, 6.45) is 0.898. The molecule has 2 aromatic carbocycles. The van der Waals surface area contributed by atoms with Crippen LogP contribution in [0.25, 0.3) is 11.3 Å². The van der Waals surface area contributed by atoms with Crippen LogP contribution in [0.1, 0.15) is 17.5 Å². The zero-order valence-corrected chi connectivity index (χ0v) is 16.1. The number of anilines is 3. The molecule has 0 bridgehead atoms. The molecule has 0 aliphatic carbocycles. The number of methoxy groups -OCH3 is 1. The summed E-state index contributed by atoms with van der Waals surface area (Å²) in [5.41, 5.74) is 5.38. The molecule has 27 heavy (non-hydrogen) atoms. The minimum absolute atomic E-state index is 0.611. The second-order valence-corrected chi connectivity index (χ2v) is 6.54. The number of hydrogen-bond acceptors (Lipinski definition) is 5. The van der Waals surface area contributed by atoms with Crippen molar-refractivity contribution >= 4 is 17.5 Å². The fraction of sp³-hybridized carbons (Fsp3) is 0.273. The van der Waals surface area contributed by atoms with E-state index in [2.05, 4.69) is 64.8 Å². The van der Waals surface area contributed by atoms with Crippen molar-refractivity contribution < 1.29 is 4.74 Å². The van der Waals surface area contributed by atoms with Crippen molar-refractivity contribution in [3.8, 4) is 11.3 Å². The first kappa shape index (κ1) is 18.9. The number of nitrogens with one attached hydrogen (secondary N) is 2. The molecule has 0 aliphatic heterocycles. The first-order valence-electron chi connectivity index (χ1n) is 9.17. The van der Waals surface area contributed by atoms with Gasteiger partial charge in [0.1, 0.15) is 5.82 Å². The van der Waals surface area contributed by atoms with E-state index >= 15 is 0 Å². The average Bonchev–Trinajstić information content (AvgIpc) is 2.69. The summed E-state index contributed by atoms with van der Waals surface area (Å²) in [6, 6.07) is 18.5. The molecule has 0 atom stereocenters. The van der Waals surface area contributed by atoms with Crippen LogP contribution in [0.3, 0.4) is 0 Å². The highest BCUT2D eigenvalue weighted by Crippen LogP contribution is 2.25. The lowest BCUT2D eigenvalue weighted by atomic mass is 10.1. The molecule has 0 spiro atoms. The number of aromatic nitrogens is 2. The third kappa shape index (κ3) is 5.28. The van der Waals surface area contributed by atoms with Crippen LogP contribution >= 0.6 is 0 Å². The summed E-state index contributed by atoms with van der Waals surface area (Å²) in [6.45, 7) is 5.64. The Balaban J connectivity index is 1.90. The van der Waals surface area contributed by atoms with Gasteiger partial charge in [-0.25, -0.2) is 4.98 Å². The number of ether oxygens (including phenoxy) is 1. The monoisotopic (exact) mass is 362 g/mol. The quantitative estimate of drug-likeness (QED) is 0.555. The second kappa shape index (κ2) is 9.14. The van der Waals surface area contributed by atoms with E-state index in [0.717, 1.165) is 35.7 Å². The summed E-state index contributed by atoms with van der Waals surface area (Å²) in [4.78, 5) is 9.33. The molecule has 1 aromatic heterocycles. The zero-order valence-electron chi connectivity index (χ0n) is 16.1. The molecule has 0 aliphatic rings. The first-order chi connectivity index (χ1) is 13.2. The Labute approximate surface area is 160 Å². The van der Waals surface area contributed by atoms with Crippen LogP contribution < -0.4 is 10.6 Å². The summed E-state index contributed by atoms with van der Waals surface area (Å²) in [5.74, 6) is 1.38. The van der Waals surface area contributed by atoms with Crippen LogP contribution in [-0.4, -0.2) is 30.2 Å². The summed E-state index contributed by atoms with van der Waals surface area (Å²) in [5, 5.41) is 6.75. The molecule has 0 amide bonds. The van der Waals surface area contributed by atoms with Crippen LogP contribution in [0.15, 0.2) is 54.6 Å². The van der Waals surface area contributed by atoms with Gasteiger partial charge in [0.05, 0.1) is 5.69 Å². The molecule has 0 radical (unpaired) electrons. The SMILES string of the molecule is COCCCNc1nc(Nc2cc(C)ccc2C)cc(-c2ccccc2)n1. The van der Waals surface area contributed by atoms with Gasteiger partial charge in [0.15, 0.2) is 0 Å². The van der Waals surface area contributed by atoms with E-state index in [9.17, 15) is 0 Å². The predicted octanol–water partition coefficient (Wildman–Crippen LogP) is 4.95. The zero-order chi connectivity index (χ0) is 19.1. The Kier molecular flexibility index (Phi) is 6.39. The van der Waals surface area contributed by atoms with Crippen molar-refractivity contribution in [2.75, 3.05) is 30.9 Å². The van der Waals surface area contributed by atoms with Gasteiger partial charge in [-0.15, -0.1) is 0 Å². The van der Waals surface area contributed by atoms with Gasteiger partial charge >= 0.3 is 0 Å². The molecule has 140 valence electrons. The highest BCUT2D eigenvalue weighted by Gasteiger charge is 2.08. The van der Waals surface area contributed by atoms with Crippen molar-refractivity contribution in [2.24, 2.45) is 0 Å². The Bertz CT molecular complexity index is 881. The Morgan fingerprint density at radius 2 is 1.78 bits per heavy atom. The maximum absolute atomic E-state index is 5.11. The Hall–Kier alpha value is -2.92. The van der Waals surface area contributed by atoms with Crippen LogP contribution in [0.4, 0.5) is 17.5 Å². The van der Waals surface area contributed by atoms with E-state index in [0.29, 0.717) is 12.6 Å². The number of aryl methyl sites for hydroxylation is 2. The molecule has 3 rings (SSSR count). The largest absolute Gasteiger partial charge is 0.385 e. The molecule has 5 heteroatoms. The predicted molar refractivity (Wildman–Crippen MR) is 112 cm³/mol. The second-order valence-electron chi connectivity index (χ2n) is 6.54. The van der Waals surface area contributed by atoms with Gasteiger partial charge in [-0.3, -0.25) is 0 Å². The number of rotatable bonds is 8. The summed E-state index contributed by atoms with van der Waals surface area (Å²) >= 11 is 0. The van der Waals surface area contributed by atoms with Crippen molar-refractivity contribution in [3.05, 3.63) is 65.7 Å². The Morgan fingerprint density at radius 3 is 2.56 bits per heavy atom. The van der Waals surface area contributed by atoms with Crippen LogP contribution in [0.2, 0.25) is 0 Å². The van der Waals surface area contributed by atoms with Gasteiger partial charge in [0, 0.05) is 37.6 Å². The topological polar surface area (TPSA) is 59.1 Å². The minimum atomic E-state index is 0.611. The number of benzene rings is 2. The maximum atomic E-state index is 5.11. The molecule has 3 aromatic rings. The van der Waals surface area contributed by atoms with Gasteiger partial charge in [-0.1, -0.05) is 42.5 Å². The van der Waals surface area contributed by atoms with Crippen molar-refractivity contribution in [1.82, 2.24) is 9.97 Å². The van der Waals surface area contributed by atoms with Gasteiger partial charge in [0.25, 0.3) is 0 Å². The molecule has 0 saturated carbocycles. The molecule has 5 nitrogen and oxygen atoms in total. The number of nitrogens with zero attached hydrogens (tertiary/aromatic N) is 2. The lowest BCUT2D eigenvalue weighted by molar-refractivity contribution is 0.197. The Morgan fingerprint density at radius 1 is 0.963 bits per heavy atom. The lowest BCUT2D eigenvalue weighted by Crippen LogP contribution is -2.09. The van der Waals surface area contributed by atoms with E-state index < -0.39 is 0 Å². The van der Waals surface area contributed by atoms with Gasteiger partial charge in [-0.05, 0) is 37.5 Å².